The molecule has 0 saturated heterocycles. The van der Waals surface area contributed by atoms with Gasteiger partial charge < -0.3 is 0 Å². The smallest absolute Gasteiger partial charge is 0.271 e. The molecule has 0 saturated carbocycles. The predicted molar refractivity (Wildman–Crippen MR) is 132 cm³/mol. The summed E-state index contributed by atoms with van der Waals surface area (Å²) in [6.45, 7) is 0. The Labute approximate surface area is 198 Å². The molecule has 0 amide bonds. The summed E-state index contributed by atoms with van der Waals surface area (Å²) in [5, 5.41) is 11.2. The van der Waals surface area contributed by atoms with Crippen LogP contribution in [0.3, 0.4) is 0 Å². The standard InChI is InChI=1S/C27H19N3O3S/c31-26-23(16-17-7-6-11-20(15-17)30(32)33)34-27-28-24-21-12-5-4-8-18(21)13-14-22(24)25(29(26)27)19-9-2-1-3-10-19/h1-12,15-16,25H,13-14H2. The molecular weight excluding hydrogens is 446 g/mol. The second kappa shape index (κ2) is 8.04. The first-order chi connectivity index (χ1) is 16.6. The van der Waals surface area contributed by atoms with E-state index in [1.807, 2.05) is 24.3 Å². The van der Waals surface area contributed by atoms with Gasteiger partial charge in [-0.1, -0.05) is 78.1 Å². The van der Waals surface area contributed by atoms with Gasteiger partial charge in [-0.2, -0.15) is 0 Å². The summed E-state index contributed by atoms with van der Waals surface area (Å²) in [4.78, 5) is 30.1. The fourth-order valence-corrected chi connectivity index (χ4v) is 5.84. The Morgan fingerprint density at radius 2 is 1.79 bits per heavy atom. The molecule has 0 N–H and O–H groups in total. The molecule has 1 unspecified atom stereocenters. The normalized spacial score (nSPS) is 16.9. The zero-order valence-electron chi connectivity index (χ0n) is 18.0. The van der Waals surface area contributed by atoms with Gasteiger partial charge in [0.2, 0.25) is 0 Å². The molecule has 1 atom stereocenters. The first-order valence-corrected chi connectivity index (χ1v) is 11.8. The number of hydrogen-bond donors (Lipinski definition) is 0. The maximum absolute atomic E-state index is 13.7. The van der Waals surface area contributed by atoms with Crippen molar-refractivity contribution < 1.29 is 4.92 Å². The minimum Gasteiger partial charge on any atom is -0.272 e. The van der Waals surface area contributed by atoms with Gasteiger partial charge in [0.05, 0.1) is 21.2 Å². The van der Waals surface area contributed by atoms with Crippen molar-refractivity contribution in [3.63, 3.8) is 0 Å². The van der Waals surface area contributed by atoms with E-state index in [-0.39, 0.29) is 17.3 Å². The van der Waals surface area contributed by atoms with Crippen molar-refractivity contribution in [1.82, 2.24) is 4.57 Å². The molecule has 7 heteroatoms. The lowest BCUT2D eigenvalue weighted by Gasteiger charge is -2.30. The molecule has 6 nitrogen and oxygen atoms in total. The maximum Gasteiger partial charge on any atom is 0.271 e. The molecule has 3 aromatic carbocycles. The van der Waals surface area contributed by atoms with Gasteiger partial charge in [0.25, 0.3) is 11.2 Å². The van der Waals surface area contributed by atoms with Crippen LogP contribution in [0.15, 0.2) is 94.2 Å². The van der Waals surface area contributed by atoms with E-state index >= 15 is 0 Å². The molecule has 2 heterocycles. The summed E-state index contributed by atoms with van der Waals surface area (Å²) in [5.41, 5.74) is 6.04. The first kappa shape index (κ1) is 20.5. The second-order valence-corrected chi connectivity index (χ2v) is 9.39. The van der Waals surface area contributed by atoms with Crippen molar-refractivity contribution in [2.45, 2.75) is 18.9 Å². The molecule has 2 aliphatic rings. The summed E-state index contributed by atoms with van der Waals surface area (Å²) in [6.07, 6.45) is 3.46. The van der Waals surface area contributed by atoms with Crippen molar-refractivity contribution in [2.24, 2.45) is 4.99 Å². The molecular formula is C27H19N3O3S. The fraction of sp³-hybridized carbons (Fsp3) is 0.111. The molecule has 34 heavy (non-hydrogen) atoms. The minimum absolute atomic E-state index is 0.00393. The number of allylic oxidation sites excluding steroid dienone is 1. The van der Waals surface area contributed by atoms with Gasteiger partial charge >= 0.3 is 0 Å². The highest BCUT2D eigenvalue weighted by molar-refractivity contribution is 7.07. The number of nitrogens with zero attached hydrogens (tertiary/aromatic N) is 3. The van der Waals surface area contributed by atoms with Crippen molar-refractivity contribution >= 4 is 28.8 Å². The van der Waals surface area contributed by atoms with Crippen molar-refractivity contribution in [3.8, 4) is 0 Å². The Balaban J connectivity index is 1.60. The monoisotopic (exact) mass is 465 g/mol. The Kier molecular flexibility index (Phi) is 4.85. The van der Waals surface area contributed by atoms with E-state index in [2.05, 4.69) is 30.3 Å². The number of hydrogen-bond acceptors (Lipinski definition) is 5. The summed E-state index contributed by atoms with van der Waals surface area (Å²) < 4.78 is 2.30. The largest absolute Gasteiger partial charge is 0.272 e. The van der Waals surface area contributed by atoms with Gasteiger partial charge in [-0.05, 0) is 41.2 Å². The number of nitro groups is 1. The van der Waals surface area contributed by atoms with E-state index in [9.17, 15) is 14.9 Å². The molecule has 166 valence electrons. The van der Waals surface area contributed by atoms with Crippen LogP contribution >= 0.6 is 11.3 Å². The molecule has 6 rings (SSSR count). The van der Waals surface area contributed by atoms with E-state index in [4.69, 9.17) is 4.99 Å². The highest BCUT2D eigenvalue weighted by Crippen LogP contribution is 2.41. The van der Waals surface area contributed by atoms with Crippen LogP contribution in [0.4, 0.5) is 5.69 Å². The SMILES string of the molecule is O=c1c(=Cc2cccc([N+](=O)[O-])c2)sc2n1C(c1ccccc1)C1=C(N=2)c2ccccc2CC1. The summed E-state index contributed by atoms with van der Waals surface area (Å²) in [7, 11) is 0. The lowest BCUT2D eigenvalue weighted by molar-refractivity contribution is -0.384. The van der Waals surface area contributed by atoms with Crippen LogP contribution in [0.1, 0.15) is 34.7 Å². The van der Waals surface area contributed by atoms with E-state index in [0.29, 0.717) is 14.9 Å². The van der Waals surface area contributed by atoms with Gasteiger partial charge in [0.15, 0.2) is 4.80 Å². The molecule has 0 spiro atoms. The van der Waals surface area contributed by atoms with Crippen molar-refractivity contribution in [3.05, 3.63) is 136 Å². The highest BCUT2D eigenvalue weighted by Gasteiger charge is 2.32. The number of benzene rings is 3. The van der Waals surface area contributed by atoms with Crippen LogP contribution in [0.2, 0.25) is 0 Å². The molecule has 1 aliphatic heterocycles. The van der Waals surface area contributed by atoms with E-state index in [0.717, 1.165) is 35.2 Å². The number of aromatic nitrogens is 1. The third-order valence-corrected chi connectivity index (χ3v) is 7.35. The van der Waals surface area contributed by atoms with Crippen LogP contribution in [0.5, 0.6) is 0 Å². The Morgan fingerprint density at radius 1 is 1.00 bits per heavy atom. The third-order valence-electron chi connectivity index (χ3n) is 6.37. The topological polar surface area (TPSA) is 77.5 Å². The average molecular weight is 466 g/mol. The van der Waals surface area contributed by atoms with Crippen LogP contribution in [-0.4, -0.2) is 9.49 Å². The zero-order chi connectivity index (χ0) is 23.2. The minimum atomic E-state index is -0.431. The average Bonchev–Trinajstić information content (AvgIpc) is 3.17. The van der Waals surface area contributed by atoms with Gasteiger partial charge in [-0.15, -0.1) is 0 Å². The third kappa shape index (κ3) is 3.33. The second-order valence-electron chi connectivity index (χ2n) is 8.38. The molecule has 1 aliphatic carbocycles. The molecule has 1 aromatic heterocycles. The number of non-ortho nitro benzene ring substituents is 1. The van der Waals surface area contributed by atoms with Crippen molar-refractivity contribution in [2.75, 3.05) is 0 Å². The Morgan fingerprint density at radius 3 is 2.62 bits per heavy atom. The maximum atomic E-state index is 13.7. The molecule has 0 fully saturated rings. The molecule has 0 bridgehead atoms. The summed E-state index contributed by atoms with van der Waals surface area (Å²) in [6, 6.07) is 24.5. The molecule has 4 aromatic rings. The van der Waals surface area contributed by atoms with Gasteiger partial charge in [0.1, 0.15) is 0 Å². The lowest BCUT2D eigenvalue weighted by Crippen LogP contribution is -2.38. The van der Waals surface area contributed by atoms with E-state index in [1.165, 1.54) is 29.0 Å². The lowest BCUT2D eigenvalue weighted by atomic mass is 9.83. The fourth-order valence-electron chi connectivity index (χ4n) is 4.84. The van der Waals surface area contributed by atoms with Crippen LogP contribution in [0.25, 0.3) is 11.8 Å². The van der Waals surface area contributed by atoms with Crippen molar-refractivity contribution in [1.29, 1.82) is 0 Å². The molecule has 0 radical (unpaired) electrons. The van der Waals surface area contributed by atoms with Crippen LogP contribution in [-0.2, 0) is 6.42 Å². The number of aryl methyl sites for hydroxylation is 1. The van der Waals surface area contributed by atoms with E-state index < -0.39 is 4.92 Å². The summed E-state index contributed by atoms with van der Waals surface area (Å²) in [5.74, 6) is 0. The van der Waals surface area contributed by atoms with E-state index in [1.54, 1.807) is 22.8 Å². The Bertz CT molecular complexity index is 1670. The van der Waals surface area contributed by atoms with Gasteiger partial charge in [-0.25, -0.2) is 4.99 Å². The number of rotatable bonds is 3. The zero-order valence-corrected chi connectivity index (χ0v) is 18.9. The first-order valence-electron chi connectivity index (χ1n) is 11.0. The van der Waals surface area contributed by atoms with Crippen LogP contribution < -0.4 is 14.9 Å². The number of nitro benzene ring substituents is 1. The number of fused-ring (bicyclic) bond motifs is 3. The predicted octanol–water partition coefficient (Wildman–Crippen LogP) is 4.23. The Hall–Kier alpha value is -4.10. The number of thiazole rings is 1. The summed E-state index contributed by atoms with van der Waals surface area (Å²) >= 11 is 1.32. The van der Waals surface area contributed by atoms with Crippen LogP contribution in [0, 0.1) is 10.1 Å². The highest BCUT2D eigenvalue weighted by atomic mass is 32.1. The van der Waals surface area contributed by atoms with Gasteiger partial charge in [-0.3, -0.25) is 19.5 Å². The quantitative estimate of drug-likeness (QED) is 0.336. The van der Waals surface area contributed by atoms with Gasteiger partial charge in [0, 0.05) is 17.7 Å².